The Morgan fingerprint density at radius 2 is 1.88 bits per heavy atom. The molecule has 0 aliphatic heterocycles. The number of carbonyl (C=O) groups is 1. The molecule has 0 heterocycles. The minimum absolute atomic E-state index is 0.0752. The number of rotatable bonds is 5. The first-order chi connectivity index (χ1) is 7.37. The summed E-state index contributed by atoms with van der Waals surface area (Å²) in [5, 5.41) is 11.3. The molecule has 16 heavy (non-hydrogen) atoms. The lowest BCUT2D eigenvalue weighted by Crippen LogP contribution is -2.29. The van der Waals surface area contributed by atoms with E-state index in [1.807, 2.05) is 24.3 Å². The fourth-order valence-corrected chi connectivity index (χ4v) is 2.02. The van der Waals surface area contributed by atoms with Gasteiger partial charge in [0.25, 0.3) is 0 Å². The van der Waals surface area contributed by atoms with Crippen molar-refractivity contribution >= 4 is 20.0 Å². The van der Waals surface area contributed by atoms with Gasteiger partial charge in [-0.1, -0.05) is 0 Å². The summed E-state index contributed by atoms with van der Waals surface area (Å²) in [6.07, 6.45) is 0. The predicted octanol–water partition coefficient (Wildman–Crippen LogP) is 2.40. The summed E-state index contributed by atoms with van der Waals surface area (Å²) in [6.45, 7) is 6.27. The van der Waals surface area contributed by atoms with Crippen LogP contribution < -0.4 is 9.74 Å². The van der Waals surface area contributed by atoms with Crippen LogP contribution in [-0.4, -0.2) is 25.9 Å². The molecule has 0 aliphatic carbocycles. The van der Waals surface area contributed by atoms with Crippen molar-refractivity contribution in [2.24, 2.45) is 0 Å². The van der Waals surface area contributed by atoms with Crippen LogP contribution in [0.5, 0.6) is 5.75 Å². The fourth-order valence-electron chi connectivity index (χ4n) is 1.17. The van der Waals surface area contributed by atoms with Crippen molar-refractivity contribution < 1.29 is 14.3 Å². The van der Waals surface area contributed by atoms with Crippen LogP contribution >= 0.6 is 0 Å². The van der Waals surface area contributed by atoms with E-state index in [9.17, 15) is 4.79 Å². The molecule has 0 amide bonds. The zero-order chi connectivity index (χ0) is 12.2. The van der Waals surface area contributed by atoms with Crippen molar-refractivity contribution in [1.29, 1.82) is 0 Å². The van der Waals surface area contributed by atoms with E-state index in [0.29, 0.717) is 0 Å². The van der Waals surface area contributed by atoms with Crippen LogP contribution in [0.1, 0.15) is 0 Å². The fraction of sp³-hybridized carbons (Fsp3) is 0.364. The Morgan fingerprint density at radius 1 is 1.31 bits per heavy atom. The zero-order valence-corrected chi connectivity index (χ0v) is 10.8. The van der Waals surface area contributed by atoms with Gasteiger partial charge < -0.3 is 14.8 Å². The molecular weight excluding hydrogens is 222 g/mol. The summed E-state index contributed by atoms with van der Waals surface area (Å²) in [5.74, 6) is -0.0394. The van der Waals surface area contributed by atoms with Gasteiger partial charge in [-0.15, -0.1) is 0 Å². The number of carboxylic acid groups (broad SMARTS) is 1. The highest BCUT2D eigenvalue weighted by atomic mass is 28.4. The first kappa shape index (κ1) is 12.6. The Labute approximate surface area is 96.4 Å². The van der Waals surface area contributed by atoms with Gasteiger partial charge in [-0.05, 0) is 43.9 Å². The number of hydrogen-bond donors (Lipinski definition) is 2. The highest BCUT2D eigenvalue weighted by Gasteiger charge is 2.15. The molecule has 2 N–H and O–H groups in total. The topological polar surface area (TPSA) is 58.6 Å². The average Bonchev–Trinajstić information content (AvgIpc) is 2.14. The van der Waals surface area contributed by atoms with Gasteiger partial charge in [-0.25, -0.2) is 0 Å². The molecule has 4 nitrogen and oxygen atoms in total. The lowest BCUT2D eigenvalue weighted by Gasteiger charge is -2.19. The Kier molecular flexibility index (Phi) is 3.95. The van der Waals surface area contributed by atoms with Crippen LogP contribution in [-0.2, 0) is 4.79 Å². The quantitative estimate of drug-likeness (QED) is 0.775. The normalized spacial score (nSPS) is 10.9. The van der Waals surface area contributed by atoms with Crippen LogP contribution in [0.25, 0.3) is 0 Å². The third-order valence-corrected chi connectivity index (χ3v) is 2.57. The van der Waals surface area contributed by atoms with Crippen molar-refractivity contribution in [2.45, 2.75) is 19.6 Å². The van der Waals surface area contributed by atoms with E-state index in [4.69, 9.17) is 9.53 Å². The zero-order valence-electron chi connectivity index (χ0n) is 9.78. The molecule has 5 heteroatoms. The molecule has 0 unspecified atom stereocenters. The van der Waals surface area contributed by atoms with E-state index in [2.05, 4.69) is 25.0 Å². The number of hydrogen-bond acceptors (Lipinski definition) is 3. The van der Waals surface area contributed by atoms with Gasteiger partial charge in [0.2, 0.25) is 8.32 Å². The third-order valence-electron chi connectivity index (χ3n) is 1.72. The van der Waals surface area contributed by atoms with Gasteiger partial charge in [0.15, 0.2) is 0 Å². The third kappa shape index (κ3) is 4.84. The van der Waals surface area contributed by atoms with Crippen LogP contribution in [0.4, 0.5) is 5.69 Å². The van der Waals surface area contributed by atoms with Gasteiger partial charge >= 0.3 is 5.97 Å². The highest BCUT2D eigenvalue weighted by molar-refractivity contribution is 6.70. The SMILES string of the molecule is C[Si](C)(C)Oc1ccc(NCC(=O)O)cc1. The van der Waals surface area contributed by atoms with Gasteiger partial charge in [-0.3, -0.25) is 4.79 Å². The molecule has 0 fully saturated rings. The van der Waals surface area contributed by atoms with Crippen molar-refractivity contribution in [2.75, 3.05) is 11.9 Å². The van der Waals surface area contributed by atoms with Crippen molar-refractivity contribution in [3.8, 4) is 5.75 Å². The van der Waals surface area contributed by atoms with Crippen molar-refractivity contribution in [1.82, 2.24) is 0 Å². The van der Waals surface area contributed by atoms with Crippen LogP contribution in [0.15, 0.2) is 24.3 Å². The summed E-state index contributed by atoms with van der Waals surface area (Å²) in [4.78, 5) is 10.3. The van der Waals surface area contributed by atoms with Gasteiger partial charge in [0.05, 0.1) is 0 Å². The van der Waals surface area contributed by atoms with Crippen LogP contribution in [0.2, 0.25) is 19.6 Å². The first-order valence-electron chi connectivity index (χ1n) is 5.11. The molecule has 0 aromatic heterocycles. The Hall–Kier alpha value is -1.49. The molecule has 1 rings (SSSR count). The van der Waals surface area contributed by atoms with E-state index in [0.717, 1.165) is 11.4 Å². The maximum Gasteiger partial charge on any atom is 0.322 e. The molecule has 0 atom stereocenters. The molecule has 0 saturated carbocycles. The second-order valence-electron chi connectivity index (χ2n) is 4.49. The molecule has 88 valence electrons. The number of nitrogens with one attached hydrogen (secondary N) is 1. The number of anilines is 1. The molecule has 1 aromatic carbocycles. The summed E-state index contributed by atoms with van der Waals surface area (Å²) < 4.78 is 5.78. The van der Waals surface area contributed by atoms with E-state index in [1.165, 1.54) is 0 Å². The summed E-state index contributed by atoms with van der Waals surface area (Å²) in [5.41, 5.74) is 0.783. The molecule has 1 aromatic rings. The number of aliphatic carboxylic acids is 1. The predicted molar refractivity (Wildman–Crippen MR) is 66.5 cm³/mol. The minimum Gasteiger partial charge on any atom is -0.544 e. The molecule has 0 spiro atoms. The first-order valence-corrected chi connectivity index (χ1v) is 8.52. The van der Waals surface area contributed by atoms with E-state index in [-0.39, 0.29) is 6.54 Å². The summed E-state index contributed by atoms with van der Waals surface area (Å²) in [7, 11) is -1.57. The molecule has 0 bridgehead atoms. The van der Waals surface area contributed by atoms with Gasteiger partial charge in [0, 0.05) is 5.69 Å². The second-order valence-corrected chi connectivity index (χ2v) is 8.91. The molecular formula is C11H17NO3Si. The molecule has 0 saturated heterocycles. The molecule has 0 radical (unpaired) electrons. The maximum atomic E-state index is 10.3. The Morgan fingerprint density at radius 3 is 2.31 bits per heavy atom. The second kappa shape index (κ2) is 5.02. The van der Waals surface area contributed by atoms with Gasteiger partial charge in [-0.2, -0.15) is 0 Å². The summed E-state index contributed by atoms with van der Waals surface area (Å²) in [6, 6.07) is 7.34. The van der Waals surface area contributed by atoms with E-state index < -0.39 is 14.3 Å². The van der Waals surface area contributed by atoms with Crippen LogP contribution in [0.3, 0.4) is 0 Å². The van der Waals surface area contributed by atoms with Crippen molar-refractivity contribution in [3.63, 3.8) is 0 Å². The van der Waals surface area contributed by atoms with E-state index in [1.54, 1.807) is 0 Å². The monoisotopic (exact) mass is 239 g/mol. The highest BCUT2D eigenvalue weighted by Crippen LogP contribution is 2.18. The lowest BCUT2D eigenvalue weighted by molar-refractivity contribution is -0.134. The van der Waals surface area contributed by atoms with Gasteiger partial charge in [0.1, 0.15) is 12.3 Å². The average molecular weight is 239 g/mol. The minimum atomic E-state index is -1.57. The Bertz CT molecular complexity index is 356. The largest absolute Gasteiger partial charge is 0.544 e. The smallest absolute Gasteiger partial charge is 0.322 e. The van der Waals surface area contributed by atoms with Crippen molar-refractivity contribution in [3.05, 3.63) is 24.3 Å². The summed E-state index contributed by atoms with van der Waals surface area (Å²) >= 11 is 0. The number of carboxylic acids is 1. The Balaban J connectivity index is 2.57. The number of benzene rings is 1. The standard InChI is InChI=1S/C11H17NO3Si/c1-16(2,3)15-10-6-4-9(5-7-10)12-8-11(13)14/h4-7,12H,8H2,1-3H3,(H,13,14). The maximum absolute atomic E-state index is 10.3. The molecule has 0 aliphatic rings. The van der Waals surface area contributed by atoms with E-state index >= 15 is 0 Å². The van der Waals surface area contributed by atoms with Crippen LogP contribution in [0, 0.1) is 0 Å². The lowest BCUT2D eigenvalue weighted by atomic mass is 10.3.